The minimum absolute atomic E-state index is 0.305. The number of aliphatic hydroxyl groups excluding tert-OH is 1. The third-order valence-corrected chi connectivity index (χ3v) is 3.07. The molecule has 0 unspecified atom stereocenters. The van der Waals surface area contributed by atoms with E-state index < -0.39 is 6.61 Å². The first-order valence-corrected chi connectivity index (χ1v) is 6.07. The Hall–Kier alpha value is -2.53. The van der Waals surface area contributed by atoms with E-state index in [1.54, 1.807) is 30.3 Å². The number of fused-ring (bicyclic) bond motifs is 1. The van der Waals surface area contributed by atoms with E-state index >= 15 is 0 Å². The summed E-state index contributed by atoms with van der Waals surface area (Å²) in [4.78, 5) is 18.9. The van der Waals surface area contributed by atoms with Crippen LogP contribution < -0.4 is 0 Å². The Morgan fingerprint density at radius 1 is 1.20 bits per heavy atom. The number of halogens is 1. The molecule has 0 aliphatic rings. The van der Waals surface area contributed by atoms with E-state index in [9.17, 15) is 9.18 Å². The normalized spacial score (nSPS) is 10.9. The monoisotopic (exact) mass is 270 g/mol. The fourth-order valence-electron chi connectivity index (χ4n) is 2.02. The molecule has 0 atom stereocenters. The highest BCUT2D eigenvalue weighted by atomic mass is 19.1. The molecule has 3 rings (SSSR count). The van der Waals surface area contributed by atoms with Crippen LogP contribution in [0.5, 0.6) is 0 Å². The van der Waals surface area contributed by atoms with Gasteiger partial charge in [0.15, 0.2) is 5.78 Å². The minimum atomic E-state index is -0.523. The van der Waals surface area contributed by atoms with Crippen molar-refractivity contribution >= 4 is 16.8 Å². The largest absolute Gasteiger partial charge is 0.388 e. The van der Waals surface area contributed by atoms with Gasteiger partial charge in [0.2, 0.25) is 0 Å². The predicted molar refractivity (Wildman–Crippen MR) is 72.9 cm³/mol. The van der Waals surface area contributed by atoms with Gasteiger partial charge in [-0.15, -0.1) is 0 Å². The third-order valence-electron chi connectivity index (χ3n) is 3.07. The molecule has 2 aromatic carbocycles. The lowest BCUT2D eigenvalue weighted by molar-refractivity contribution is 0.0904. The Balaban J connectivity index is 2.06. The van der Waals surface area contributed by atoms with Gasteiger partial charge in [-0.05, 0) is 42.5 Å². The number of ketones is 1. The zero-order valence-corrected chi connectivity index (χ0v) is 10.4. The van der Waals surface area contributed by atoms with E-state index in [-0.39, 0.29) is 11.6 Å². The second-order valence-electron chi connectivity index (χ2n) is 4.41. The molecule has 5 heteroatoms. The third kappa shape index (κ3) is 2.19. The highest BCUT2D eigenvalue weighted by Gasteiger charge is 2.09. The lowest BCUT2D eigenvalue weighted by Crippen LogP contribution is -2.03. The summed E-state index contributed by atoms with van der Waals surface area (Å²) in [6.07, 6.45) is 0. The molecule has 2 N–H and O–H groups in total. The quantitative estimate of drug-likeness (QED) is 0.719. The molecule has 1 heterocycles. The van der Waals surface area contributed by atoms with E-state index in [0.29, 0.717) is 22.4 Å². The van der Waals surface area contributed by atoms with Gasteiger partial charge in [-0.2, -0.15) is 0 Å². The number of carbonyl (C=O) groups is 1. The molecule has 0 aliphatic carbocycles. The number of carbonyl (C=O) groups excluding carboxylic acids is 1. The number of H-pyrrole nitrogens is 1. The van der Waals surface area contributed by atoms with Crippen LogP contribution in [0.2, 0.25) is 0 Å². The number of nitrogens with zero attached hydrogens (tertiary/aromatic N) is 1. The van der Waals surface area contributed by atoms with Crippen LogP contribution in [0.15, 0.2) is 42.5 Å². The van der Waals surface area contributed by atoms with Crippen LogP contribution in [-0.2, 0) is 0 Å². The van der Waals surface area contributed by atoms with Gasteiger partial charge in [-0.25, -0.2) is 9.37 Å². The van der Waals surface area contributed by atoms with E-state index in [1.807, 2.05) is 0 Å². The Kier molecular flexibility index (Phi) is 3.04. The summed E-state index contributed by atoms with van der Waals surface area (Å²) in [5.74, 6) is -0.0425. The first-order chi connectivity index (χ1) is 9.67. The predicted octanol–water partition coefficient (Wildman–Crippen LogP) is 2.54. The molecular weight excluding hydrogens is 259 g/mol. The van der Waals surface area contributed by atoms with Crippen molar-refractivity contribution in [2.24, 2.45) is 0 Å². The summed E-state index contributed by atoms with van der Waals surface area (Å²) < 4.78 is 12.9. The van der Waals surface area contributed by atoms with Crippen molar-refractivity contribution in [3.63, 3.8) is 0 Å². The number of hydrogen-bond donors (Lipinski definition) is 2. The fourth-order valence-corrected chi connectivity index (χ4v) is 2.02. The van der Waals surface area contributed by atoms with Crippen LogP contribution in [-0.4, -0.2) is 27.5 Å². The minimum Gasteiger partial charge on any atom is -0.388 e. The van der Waals surface area contributed by atoms with E-state index in [1.165, 1.54) is 12.1 Å². The second kappa shape index (κ2) is 4.86. The van der Waals surface area contributed by atoms with Gasteiger partial charge in [0.1, 0.15) is 18.2 Å². The van der Waals surface area contributed by atoms with Gasteiger partial charge < -0.3 is 10.1 Å². The van der Waals surface area contributed by atoms with Crippen molar-refractivity contribution in [3.05, 3.63) is 53.8 Å². The number of aromatic amines is 1. The number of aromatic nitrogens is 2. The first kappa shape index (κ1) is 12.5. The number of aliphatic hydroxyl groups is 1. The lowest BCUT2D eigenvalue weighted by atomic mass is 10.1. The van der Waals surface area contributed by atoms with E-state index in [0.717, 1.165) is 5.56 Å². The Morgan fingerprint density at radius 3 is 2.65 bits per heavy atom. The Labute approximate surface area is 113 Å². The number of benzene rings is 2. The van der Waals surface area contributed by atoms with Gasteiger partial charge in [0.25, 0.3) is 0 Å². The fraction of sp³-hybridized carbons (Fsp3) is 0.0667. The zero-order chi connectivity index (χ0) is 14.1. The van der Waals surface area contributed by atoms with Crippen LogP contribution in [0.25, 0.3) is 22.4 Å². The van der Waals surface area contributed by atoms with E-state index in [2.05, 4.69) is 9.97 Å². The topological polar surface area (TPSA) is 66.0 Å². The molecule has 0 radical (unpaired) electrons. The summed E-state index contributed by atoms with van der Waals surface area (Å²) in [7, 11) is 0. The maximum atomic E-state index is 12.9. The summed E-state index contributed by atoms with van der Waals surface area (Å²) in [6, 6.07) is 11.0. The van der Waals surface area contributed by atoms with E-state index in [4.69, 9.17) is 5.11 Å². The molecular formula is C15H11FN2O2. The number of imidazole rings is 1. The van der Waals surface area contributed by atoms with Crippen molar-refractivity contribution in [2.45, 2.75) is 0 Å². The molecule has 0 aliphatic heterocycles. The highest BCUT2D eigenvalue weighted by Crippen LogP contribution is 2.21. The smallest absolute Gasteiger partial charge is 0.188 e. The van der Waals surface area contributed by atoms with Crippen LogP contribution in [0.4, 0.5) is 4.39 Å². The van der Waals surface area contributed by atoms with Crippen molar-refractivity contribution in [3.8, 4) is 11.4 Å². The maximum Gasteiger partial charge on any atom is 0.188 e. The lowest BCUT2D eigenvalue weighted by Gasteiger charge is -1.96. The molecule has 0 amide bonds. The van der Waals surface area contributed by atoms with Gasteiger partial charge in [0, 0.05) is 11.1 Å². The average molecular weight is 270 g/mol. The van der Waals surface area contributed by atoms with Crippen molar-refractivity contribution in [1.29, 1.82) is 0 Å². The van der Waals surface area contributed by atoms with Crippen LogP contribution in [0.3, 0.4) is 0 Å². The molecule has 3 aromatic rings. The standard InChI is InChI=1S/C15H11FN2O2/c16-11-4-1-9(2-5-11)15-17-12-6-3-10(14(20)8-19)7-13(12)18-15/h1-7,19H,8H2,(H,17,18). The van der Waals surface area contributed by atoms with Crippen LogP contribution in [0, 0.1) is 5.82 Å². The number of hydrogen-bond acceptors (Lipinski definition) is 3. The Morgan fingerprint density at radius 2 is 1.95 bits per heavy atom. The van der Waals surface area contributed by atoms with Crippen molar-refractivity contribution < 1.29 is 14.3 Å². The summed E-state index contributed by atoms with van der Waals surface area (Å²) in [6.45, 7) is -0.523. The van der Waals surface area contributed by atoms with Crippen LogP contribution in [0.1, 0.15) is 10.4 Å². The molecule has 0 bridgehead atoms. The highest BCUT2D eigenvalue weighted by molar-refractivity contribution is 5.99. The van der Waals surface area contributed by atoms with Gasteiger partial charge in [-0.1, -0.05) is 0 Å². The summed E-state index contributed by atoms with van der Waals surface area (Å²) in [5, 5.41) is 8.86. The first-order valence-electron chi connectivity index (χ1n) is 6.07. The molecule has 0 saturated carbocycles. The summed E-state index contributed by atoms with van der Waals surface area (Å²) >= 11 is 0. The molecule has 0 saturated heterocycles. The number of rotatable bonds is 3. The second-order valence-corrected chi connectivity index (χ2v) is 4.41. The SMILES string of the molecule is O=C(CO)c1ccc2nc(-c3ccc(F)cc3)[nH]c2c1. The number of nitrogens with one attached hydrogen (secondary N) is 1. The molecule has 100 valence electrons. The van der Waals surface area contributed by atoms with Gasteiger partial charge >= 0.3 is 0 Å². The number of Topliss-reactive ketones (excluding diaryl/α,β-unsaturated/α-hetero) is 1. The molecule has 20 heavy (non-hydrogen) atoms. The Bertz CT molecular complexity index is 778. The van der Waals surface area contributed by atoms with Crippen LogP contribution >= 0.6 is 0 Å². The maximum absolute atomic E-state index is 12.9. The van der Waals surface area contributed by atoms with Crippen molar-refractivity contribution in [1.82, 2.24) is 9.97 Å². The van der Waals surface area contributed by atoms with Gasteiger partial charge in [0.05, 0.1) is 11.0 Å². The average Bonchev–Trinajstić information content (AvgIpc) is 2.90. The molecule has 4 nitrogen and oxygen atoms in total. The molecule has 1 aromatic heterocycles. The molecule has 0 spiro atoms. The summed E-state index contributed by atoms with van der Waals surface area (Å²) in [5.41, 5.74) is 2.59. The van der Waals surface area contributed by atoms with Crippen molar-refractivity contribution in [2.75, 3.05) is 6.61 Å². The molecule has 0 fully saturated rings. The zero-order valence-electron chi connectivity index (χ0n) is 10.4. The van der Waals surface area contributed by atoms with Gasteiger partial charge in [-0.3, -0.25) is 4.79 Å².